The van der Waals surface area contributed by atoms with E-state index in [2.05, 4.69) is 5.32 Å². The molecule has 3 nitrogen and oxygen atoms in total. The molecule has 2 rings (SSSR count). The van der Waals surface area contributed by atoms with Crippen molar-refractivity contribution in [3.63, 3.8) is 0 Å². The van der Waals surface area contributed by atoms with E-state index in [1.165, 1.54) is 38.5 Å². The van der Waals surface area contributed by atoms with Gasteiger partial charge in [0.1, 0.15) is 0 Å². The summed E-state index contributed by atoms with van der Waals surface area (Å²) in [5, 5.41) is 3.38. The summed E-state index contributed by atoms with van der Waals surface area (Å²) in [6, 6.07) is 0.645. The monoisotopic (exact) mass is 246 g/mol. The van der Waals surface area contributed by atoms with Crippen molar-refractivity contribution in [3.05, 3.63) is 0 Å². The average molecular weight is 247 g/mol. The number of rotatable bonds is 3. The maximum Gasteiger partial charge on any atom is 0.239 e. The van der Waals surface area contributed by atoms with Gasteiger partial charge in [0.2, 0.25) is 5.91 Å². The zero-order valence-electron chi connectivity index (χ0n) is 10.1. The lowest BCUT2D eigenvalue weighted by molar-refractivity contribution is -0.133. The van der Waals surface area contributed by atoms with Gasteiger partial charge in [-0.05, 0) is 32.6 Å². The molecule has 0 radical (unpaired) electrons. The first kappa shape index (κ1) is 13.8. The second-order valence-corrected chi connectivity index (χ2v) is 4.90. The largest absolute Gasteiger partial charge is 0.341 e. The third-order valence-corrected chi connectivity index (χ3v) is 3.35. The maximum atomic E-state index is 12.1. The third-order valence-electron chi connectivity index (χ3n) is 3.35. The fourth-order valence-corrected chi connectivity index (χ4v) is 2.24. The lowest BCUT2D eigenvalue weighted by Crippen LogP contribution is -2.45. The van der Waals surface area contributed by atoms with Gasteiger partial charge in [0, 0.05) is 19.1 Å². The van der Waals surface area contributed by atoms with E-state index in [1.54, 1.807) is 0 Å². The van der Waals surface area contributed by atoms with Crippen molar-refractivity contribution in [2.75, 3.05) is 13.1 Å². The molecule has 94 valence electrons. The number of likely N-dealkylation sites (tertiary alicyclic amines) is 1. The minimum atomic E-state index is 0. The van der Waals surface area contributed by atoms with E-state index >= 15 is 0 Å². The van der Waals surface area contributed by atoms with Gasteiger partial charge in [0.25, 0.3) is 0 Å². The second-order valence-electron chi connectivity index (χ2n) is 4.90. The number of carbonyl (C=O) groups excluding carboxylic acids is 1. The molecular weight excluding hydrogens is 224 g/mol. The van der Waals surface area contributed by atoms with Crippen LogP contribution in [0.1, 0.15) is 45.4 Å². The van der Waals surface area contributed by atoms with Crippen LogP contribution in [0.25, 0.3) is 0 Å². The van der Waals surface area contributed by atoms with Crippen LogP contribution in [0.2, 0.25) is 0 Å². The Morgan fingerprint density at radius 3 is 2.25 bits per heavy atom. The van der Waals surface area contributed by atoms with Crippen molar-refractivity contribution in [2.45, 2.75) is 57.5 Å². The van der Waals surface area contributed by atoms with Gasteiger partial charge >= 0.3 is 0 Å². The van der Waals surface area contributed by atoms with Gasteiger partial charge in [-0.1, -0.05) is 12.8 Å². The van der Waals surface area contributed by atoms with Gasteiger partial charge < -0.3 is 10.2 Å². The van der Waals surface area contributed by atoms with Crippen molar-refractivity contribution >= 4 is 18.3 Å². The molecule has 1 heterocycles. The third kappa shape index (κ3) is 3.95. The Kier molecular flexibility index (Phi) is 5.56. The van der Waals surface area contributed by atoms with Crippen LogP contribution in [-0.2, 0) is 4.79 Å². The molecule has 1 saturated heterocycles. The Hall–Kier alpha value is -0.280. The lowest BCUT2D eigenvalue weighted by atomic mass is 10.2. The number of nitrogens with zero attached hydrogens (tertiary/aromatic N) is 1. The summed E-state index contributed by atoms with van der Waals surface area (Å²) >= 11 is 0. The Balaban J connectivity index is 0.00000128. The molecule has 2 aliphatic rings. The molecule has 0 aromatic heterocycles. The molecule has 1 saturated carbocycles. The van der Waals surface area contributed by atoms with E-state index in [9.17, 15) is 4.79 Å². The summed E-state index contributed by atoms with van der Waals surface area (Å²) in [4.78, 5) is 14.1. The minimum Gasteiger partial charge on any atom is -0.341 e. The van der Waals surface area contributed by atoms with E-state index in [4.69, 9.17) is 0 Å². The molecule has 1 unspecified atom stereocenters. The molecule has 1 N–H and O–H groups in total. The van der Waals surface area contributed by atoms with E-state index in [1.807, 2.05) is 11.8 Å². The number of hydrogen-bond donors (Lipinski definition) is 1. The van der Waals surface area contributed by atoms with Gasteiger partial charge in [-0.25, -0.2) is 0 Å². The maximum absolute atomic E-state index is 12.1. The summed E-state index contributed by atoms with van der Waals surface area (Å²) in [7, 11) is 0. The van der Waals surface area contributed by atoms with E-state index < -0.39 is 0 Å². The molecule has 0 aromatic carbocycles. The zero-order valence-corrected chi connectivity index (χ0v) is 10.9. The molecule has 0 aromatic rings. The quantitative estimate of drug-likeness (QED) is 0.826. The van der Waals surface area contributed by atoms with Crippen LogP contribution in [0.15, 0.2) is 0 Å². The first-order valence-corrected chi connectivity index (χ1v) is 6.32. The summed E-state index contributed by atoms with van der Waals surface area (Å²) in [5.41, 5.74) is 0. The highest BCUT2D eigenvalue weighted by Crippen LogP contribution is 2.20. The Morgan fingerprint density at radius 2 is 1.75 bits per heavy atom. The highest BCUT2D eigenvalue weighted by Gasteiger charge is 2.28. The van der Waals surface area contributed by atoms with Crippen LogP contribution < -0.4 is 5.32 Å². The molecule has 16 heavy (non-hydrogen) atoms. The number of amides is 1. The first-order valence-electron chi connectivity index (χ1n) is 6.32. The van der Waals surface area contributed by atoms with Crippen LogP contribution in [0.4, 0.5) is 0 Å². The summed E-state index contributed by atoms with van der Waals surface area (Å²) in [6.07, 6.45) is 7.43. The molecule has 1 amide bonds. The predicted molar refractivity (Wildman–Crippen MR) is 67.9 cm³/mol. The molecule has 1 aliphatic heterocycles. The van der Waals surface area contributed by atoms with Crippen LogP contribution in [0.3, 0.4) is 0 Å². The summed E-state index contributed by atoms with van der Waals surface area (Å²) in [6.45, 7) is 3.94. The van der Waals surface area contributed by atoms with Crippen LogP contribution >= 0.6 is 12.4 Å². The van der Waals surface area contributed by atoms with Crippen molar-refractivity contribution in [1.82, 2.24) is 10.2 Å². The Labute approximate surface area is 104 Å². The highest BCUT2D eigenvalue weighted by molar-refractivity contribution is 5.85. The molecule has 1 aliphatic carbocycles. The van der Waals surface area contributed by atoms with Crippen molar-refractivity contribution < 1.29 is 4.79 Å². The molecule has 4 heteroatoms. The molecule has 0 spiro atoms. The molecular formula is C12H23ClN2O. The number of nitrogens with one attached hydrogen (secondary N) is 1. The van der Waals surface area contributed by atoms with Crippen molar-refractivity contribution in [2.24, 2.45) is 0 Å². The van der Waals surface area contributed by atoms with E-state index in [-0.39, 0.29) is 18.4 Å². The summed E-state index contributed by atoms with van der Waals surface area (Å²) < 4.78 is 0. The Morgan fingerprint density at radius 1 is 1.19 bits per heavy atom. The van der Waals surface area contributed by atoms with Crippen LogP contribution in [0, 0.1) is 0 Å². The van der Waals surface area contributed by atoms with E-state index in [0.29, 0.717) is 11.9 Å². The van der Waals surface area contributed by atoms with Crippen LogP contribution in [0.5, 0.6) is 0 Å². The number of hydrogen-bond acceptors (Lipinski definition) is 2. The molecule has 1 atom stereocenters. The van der Waals surface area contributed by atoms with E-state index in [0.717, 1.165) is 13.1 Å². The minimum absolute atomic E-state index is 0. The number of halogens is 1. The van der Waals surface area contributed by atoms with Crippen molar-refractivity contribution in [3.8, 4) is 0 Å². The molecule has 2 fully saturated rings. The topological polar surface area (TPSA) is 32.3 Å². The number of carbonyl (C=O) groups is 1. The first-order chi connectivity index (χ1) is 7.27. The SMILES string of the molecule is CC(NC1CC1)C(=O)N1CCCCCC1.Cl. The van der Waals surface area contributed by atoms with Gasteiger partial charge in [0.05, 0.1) is 6.04 Å². The fraction of sp³-hybridized carbons (Fsp3) is 0.917. The van der Waals surface area contributed by atoms with Gasteiger partial charge in [-0.3, -0.25) is 4.79 Å². The highest BCUT2D eigenvalue weighted by atomic mass is 35.5. The zero-order chi connectivity index (χ0) is 10.7. The fourth-order valence-electron chi connectivity index (χ4n) is 2.24. The second kappa shape index (κ2) is 6.45. The average Bonchev–Trinajstić information content (AvgIpc) is 3.01. The standard InChI is InChI=1S/C12H22N2O.ClH/c1-10(13-11-6-7-11)12(15)14-8-4-2-3-5-9-14;/h10-11,13H,2-9H2,1H3;1H. The lowest BCUT2D eigenvalue weighted by Gasteiger charge is -2.24. The van der Waals surface area contributed by atoms with Crippen molar-refractivity contribution in [1.29, 1.82) is 0 Å². The normalized spacial score (nSPS) is 23.2. The predicted octanol–water partition coefficient (Wildman–Crippen LogP) is 1.95. The smallest absolute Gasteiger partial charge is 0.239 e. The Bertz CT molecular complexity index is 223. The van der Waals surface area contributed by atoms with Gasteiger partial charge in [-0.2, -0.15) is 0 Å². The van der Waals surface area contributed by atoms with Crippen LogP contribution in [-0.4, -0.2) is 36.0 Å². The van der Waals surface area contributed by atoms with Gasteiger partial charge in [-0.15, -0.1) is 12.4 Å². The molecule has 0 bridgehead atoms. The summed E-state index contributed by atoms with van der Waals surface area (Å²) in [5.74, 6) is 0.309. The van der Waals surface area contributed by atoms with Gasteiger partial charge in [0.15, 0.2) is 0 Å².